The first kappa shape index (κ1) is 19.0. The van der Waals surface area contributed by atoms with Gasteiger partial charge >= 0.3 is 0 Å². The van der Waals surface area contributed by atoms with Crippen LogP contribution in [0.1, 0.15) is 21.7 Å². The zero-order chi connectivity index (χ0) is 20.4. The Morgan fingerprint density at radius 3 is 2.66 bits per heavy atom. The number of hydrogen-bond donors (Lipinski definition) is 1. The monoisotopic (exact) mass is 404 g/mol. The van der Waals surface area contributed by atoms with Crippen LogP contribution < -0.4 is 10.9 Å². The molecule has 2 aromatic carbocycles. The predicted octanol–water partition coefficient (Wildman–Crippen LogP) is 3.70. The number of fused-ring (bicyclic) bond motifs is 1. The number of anilines is 1. The van der Waals surface area contributed by atoms with E-state index in [2.05, 4.69) is 46.5 Å². The molecule has 1 amide bonds. The fraction of sp³-hybridized carbons (Fsp3) is 0.182. The zero-order valence-electron chi connectivity index (χ0n) is 16.2. The Kier molecular flexibility index (Phi) is 5.22. The van der Waals surface area contributed by atoms with Gasteiger partial charge in [0.15, 0.2) is 5.13 Å². The molecule has 0 atom stereocenters. The van der Waals surface area contributed by atoms with Gasteiger partial charge in [0, 0.05) is 11.3 Å². The second kappa shape index (κ2) is 7.97. The Balaban J connectivity index is 1.47. The maximum absolute atomic E-state index is 12.5. The predicted molar refractivity (Wildman–Crippen MR) is 115 cm³/mol. The Labute approximate surface area is 171 Å². The van der Waals surface area contributed by atoms with Crippen LogP contribution in [0.15, 0.2) is 59.7 Å². The first-order valence-corrected chi connectivity index (χ1v) is 10.1. The molecule has 2 heterocycles. The average molecular weight is 404 g/mol. The average Bonchev–Trinajstić information content (AvgIpc) is 3.04. The third kappa shape index (κ3) is 4.25. The van der Waals surface area contributed by atoms with Crippen molar-refractivity contribution in [3.05, 3.63) is 86.9 Å². The maximum Gasteiger partial charge on any atom is 0.261 e. The number of aryl methyl sites for hydroxylation is 2. The molecule has 0 saturated heterocycles. The normalized spacial score (nSPS) is 11.0. The molecule has 0 aliphatic heterocycles. The molecule has 0 aliphatic rings. The van der Waals surface area contributed by atoms with Gasteiger partial charge in [-0.05, 0) is 31.5 Å². The van der Waals surface area contributed by atoms with Crippen molar-refractivity contribution in [3.63, 3.8) is 0 Å². The highest BCUT2D eigenvalue weighted by molar-refractivity contribution is 7.15. The molecular formula is C22H20N4O2S. The SMILES string of the molecule is Cc1ccc(Cc2sc(NC(=O)Cn3cnc4ccccc4c3=O)nc2C)cc1. The number of rotatable bonds is 5. The number of amides is 1. The standard InChI is InChI=1S/C22H20N4O2S/c1-14-7-9-16(10-8-14)11-19-15(2)24-22(29-19)25-20(27)12-26-13-23-18-6-4-3-5-17(18)21(26)28/h3-10,13H,11-12H2,1-2H3,(H,24,25,27). The Morgan fingerprint density at radius 2 is 1.86 bits per heavy atom. The minimum absolute atomic E-state index is 0.109. The van der Waals surface area contributed by atoms with Crippen molar-refractivity contribution >= 4 is 33.3 Å². The summed E-state index contributed by atoms with van der Waals surface area (Å²) < 4.78 is 1.31. The number of nitrogens with zero attached hydrogens (tertiary/aromatic N) is 3. The van der Waals surface area contributed by atoms with Crippen molar-refractivity contribution in [3.8, 4) is 0 Å². The minimum Gasteiger partial charge on any atom is -0.300 e. The zero-order valence-corrected chi connectivity index (χ0v) is 17.0. The van der Waals surface area contributed by atoms with Crippen molar-refractivity contribution in [2.24, 2.45) is 0 Å². The fourth-order valence-electron chi connectivity index (χ4n) is 3.07. The number of thiazole rings is 1. The summed E-state index contributed by atoms with van der Waals surface area (Å²) in [4.78, 5) is 34.8. The molecule has 1 N–H and O–H groups in total. The summed E-state index contributed by atoms with van der Waals surface area (Å²) in [7, 11) is 0. The smallest absolute Gasteiger partial charge is 0.261 e. The molecule has 146 valence electrons. The summed E-state index contributed by atoms with van der Waals surface area (Å²) in [5.74, 6) is -0.306. The van der Waals surface area contributed by atoms with Gasteiger partial charge in [-0.3, -0.25) is 14.2 Å². The van der Waals surface area contributed by atoms with E-state index in [0.29, 0.717) is 16.0 Å². The van der Waals surface area contributed by atoms with E-state index in [0.717, 1.165) is 17.0 Å². The second-order valence-corrected chi connectivity index (χ2v) is 8.02. The van der Waals surface area contributed by atoms with Gasteiger partial charge < -0.3 is 5.32 Å². The quantitative estimate of drug-likeness (QED) is 0.550. The van der Waals surface area contributed by atoms with E-state index in [4.69, 9.17) is 0 Å². The minimum atomic E-state index is -0.306. The summed E-state index contributed by atoms with van der Waals surface area (Å²) in [5.41, 5.74) is 3.71. The highest BCUT2D eigenvalue weighted by Gasteiger charge is 2.13. The van der Waals surface area contributed by atoms with Crippen molar-refractivity contribution in [2.75, 3.05) is 5.32 Å². The number of carbonyl (C=O) groups is 1. The number of hydrogen-bond acceptors (Lipinski definition) is 5. The molecule has 0 spiro atoms. The number of benzene rings is 2. The van der Waals surface area contributed by atoms with Gasteiger partial charge in [0.1, 0.15) is 6.54 Å². The van der Waals surface area contributed by atoms with Crippen LogP contribution in [0, 0.1) is 13.8 Å². The van der Waals surface area contributed by atoms with Crippen LogP contribution >= 0.6 is 11.3 Å². The van der Waals surface area contributed by atoms with Crippen molar-refractivity contribution in [2.45, 2.75) is 26.8 Å². The van der Waals surface area contributed by atoms with E-state index >= 15 is 0 Å². The molecule has 0 radical (unpaired) electrons. The third-order valence-electron chi connectivity index (χ3n) is 4.67. The molecule has 0 aliphatic carbocycles. The Morgan fingerprint density at radius 1 is 1.10 bits per heavy atom. The molecule has 0 bridgehead atoms. The van der Waals surface area contributed by atoms with Gasteiger partial charge in [-0.15, -0.1) is 11.3 Å². The van der Waals surface area contributed by atoms with E-state index < -0.39 is 0 Å². The maximum atomic E-state index is 12.5. The molecule has 0 saturated carbocycles. The molecule has 4 rings (SSSR count). The lowest BCUT2D eigenvalue weighted by Crippen LogP contribution is -2.27. The van der Waals surface area contributed by atoms with Crippen LogP contribution in [0.4, 0.5) is 5.13 Å². The topological polar surface area (TPSA) is 76.9 Å². The molecule has 0 fully saturated rings. The molecule has 7 heteroatoms. The van der Waals surface area contributed by atoms with Gasteiger partial charge in [0.2, 0.25) is 5.91 Å². The number of nitrogens with one attached hydrogen (secondary N) is 1. The van der Waals surface area contributed by atoms with E-state index in [1.807, 2.05) is 13.0 Å². The first-order valence-electron chi connectivity index (χ1n) is 9.25. The van der Waals surface area contributed by atoms with Gasteiger partial charge in [0.25, 0.3) is 5.56 Å². The van der Waals surface area contributed by atoms with Crippen LogP contribution in [0.3, 0.4) is 0 Å². The Hall–Kier alpha value is -3.32. The van der Waals surface area contributed by atoms with E-state index in [1.165, 1.54) is 33.4 Å². The van der Waals surface area contributed by atoms with Crippen LogP contribution in [0.5, 0.6) is 0 Å². The van der Waals surface area contributed by atoms with Crippen LogP contribution in [-0.4, -0.2) is 20.4 Å². The molecular weight excluding hydrogens is 384 g/mol. The summed E-state index contributed by atoms with van der Waals surface area (Å²) in [6.45, 7) is 3.89. The summed E-state index contributed by atoms with van der Waals surface area (Å²) in [6, 6.07) is 15.5. The lowest BCUT2D eigenvalue weighted by Gasteiger charge is -2.06. The summed E-state index contributed by atoms with van der Waals surface area (Å²) >= 11 is 1.46. The Bertz CT molecular complexity index is 1240. The van der Waals surface area contributed by atoms with Crippen molar-refractivity contribution < 1.29 is 4.79 Å². The van der Waals surface area contributed by atoms with E-state index in [1.54, 1.807) is 18.2 Å². The largest absolute Gasteiger partial charge is 0.300 e. The molecule has 6 nitrogen and oxygen atoms in total. The number of aromatic nitrogens is 3. The second-order valence-electron chi connectivity index (χ2n) is 6.93. The third-order valence-corrected chi connectivity index (χ3v) is 5.74. The lowest BCUT2D eigenvalue weighted by molar-refractivity contribution is -0.116. The summed E-state index contributed by atoms with van der Waals surface area (Å²) in [6.07, 6.45) is 2.17. The first-order chi connectivity index (χ1) is 14.0. The van der Waals surface area contributed by atoms with Gasteiger partial charge in [0.05, 0.1) is 22.9 Å². The molecule has 0 unspecified atom stereocenters. The molecule has 2 aromatic heterocycles. The van der Waals surface area contributed by atoms with Gasteiger partial charge in [-0.2, -0.15) is 0 Å². The fourth-order valence-corrected chi connectivity index (χ4v) is 4.08. The molecule has 29 heavy (non-hydrogen) atoms. The summed E-state index contributed by atoms with van der Waals surface area (Å²) in [5, 5.41) is 3.83. The lowest BCUT2D eigenvalue weighted by atomic mass is 10.1. The number of para-hydroxylation sites is 1. The van der Waals surface area contributed by atoms with Gasteiger partial charge in [-0.1, -0.05) is 42.0 Å². The van der Waals surface area contributed by atoms with Crippen LogP contribution in [-0.2, 0) is 17.8 Å². The highest BCUT2D eigenvalue weighted by Crippen LogP contribution is 2.25. The highest BCUT2D eigenvalue weighted by atomic mass is 32.1. The van der Waals surface area contributed by atoms with Crippen molar-refractivity contribution in [1.29, 1.82) is 0 Å². The van der Waals surface area contributed by atoms with E-state index in [-0.39, 0.29) is 18.0 Å². The van der Waals surface area contributed by atoms with E-state index in [9.17, 15) is 9.59 Å². The van der Waals surface area contributed by atoms with Crippen LogP contribution in [0.2, 0.25) is 0 Å². The van der Waals surface area contributed by atoms with Crippen molar-refractivity contribution in [1.82, 2.24) is 14.5 Å². The van der Waals surface area contributed by atoms with Crippen LogP contribution in [0.25, 0.3) is 10.9 Å². The van der Waals surface area contributed by atoms with Gasteiger partial charge in [-0.25, -0.2) is 9.97 Å². The molecule has 4 aromatic rings. The number of carbonyl (C=O) groups excluding carboxylic acids is 1.